The Labute approximate surface area is 94.8 Å². The van der Waals surface area contributed by atoms with Crippen LogP contribution in [0.4, 0.5) is 0 Å². The first-order chi connectivity index (χ1) is 6.97. The van der Waals surface area contributed by atoms with Crippen molar-refractivity contribution in [2.45, 2.75) is 26.0 Å². The van der Waals surface area contributed by atoms with Crippen molar-refractivity contribution >= 4 is 11.6 Å². The number of aryl methyl sites for hydroxylation is 1. The molecule has 0 saturated heterocycles. The maximum atomic E-state index is 9.43. The molecule has 15 heavy (non-hydrogen) atoms. The zero-order valence-corrected chi connectivity index (χ0v) is 9.88. The largest absolute Gasteiger partial charge is 0.496 e. The Kier molecular flexibility index (Phi) is 3.97. The molecule has 2 unspecified atom stereocenters. The Morgan fingerprint density at radius 2 is 2.07 bits per heavy atom. The first-order valence-electron chi connectivity index (χ1n) is 4.75. The highest BCUT2D eigenvalue weighted by Crippen LogP contribution is 2.31. The van der Waals surface area contributed by atoms with Crippen molar-refractivity contribution in [2.75, 3.05) is 7.11 Å². The van der Waals surface area contributed by atoms with Crippen LogP contribution in [0.3, 0.4) is 0 Å². The van der Waals surface area contributed by atoms with Crippen molar-refractivity contribution in [3.05, 3.63) is 28.3 Å². The minimum atomic E-state index is -0.641. The quantitative estimate of drug-likeness (QED) is 0.834. The fourth-order valence-electron chi connectivity index (χ4n) is 1.37. The molecule has 0 spiro atoms. The number of nitrogens with two attached hydrogens (primary N) is 1. The van der Waals surface area contributed by atoms with Gasteiger partial charge in [0.05, 0.1) is 19.3 Å². The maximum Gasteiger partial charge on any atom is 0.124 e. The molecule has 0 radical (unpaired) electrons. The van der Waals surface area contributed by atoms with Gasteiger partial charge in [0, 0.05) is 10.6 Å². The summed E-state index contributed by atoms with van der Waals surface area (Å²) in [6.45, 7) is 3.53. The normalized spacial score (nSPS) is 14.8. The third-order valence-corrected chi connectivity index (χ3v) is 2.80. The van der Waals surface area contributed by atoms with Crippen LogP contribution in [0.1, 0.15) is 24.1 Å². The second-order valence-corrected chi connectivity index (χ2v) is 4.02. The number of aliphatic hydroxyl groups is 1. The predicted octanol–water partition coefficient (Wildman–Crippen LogP) is 2.04. The fraction of sp³-hybridized carbons (Fsp3) is 0.455. The monoisotopic (exact) mass is 229 g/mol. The van der Waals surface area contributed by atoms with E-state index >= 15 is 0 Å². The van der Waals surface area contributed by atoms with Crippen LogP contribution < -0.4 is 10.5 Å². The number of hydrogen-bond acceptors (Lipinski definition) is 3. The summed E-state index contributed by atoms with van der Waals surface area (Å²) in [5, 5.41) is 10.1. The van der Waals surface area contributed by atoms with Crippen LogP contribution in [-0.4, -0.2) is 18.3 Å². The Bertz CT molecular complexity index is 353. The zero-order chi connectivity index (χ0) is 11.6. The molecule has 3 nitrogen and oxygen atoms in total. The molecular formula is C11H16ClNO2. The average molecular weight is 230 g/mol. The summed E-state index contributed by atoms with van der Waals surface area (Å²) in [6.07, 6.45) is -0.641. The predicted molar refractivity (Wildman–Crippen MR) is 61.4 cm³/mol. The van der Waals surface area contributed by atoms with E-state index in [1.807, 2.05) is 13.0 Å². The Morgan fingerprint density at radius 1 is 1.47 bits per heavy atom. The zero-order valence-electron chi connectivity index (χ0n) is 9.12. The Hall–Kier alpha value is -0.770. The van der Waals surface area contributed by atoms with Crippen LogP contribution in [0, 0.1) is 6.92 Å². The molecule has 4 heteroatoms. The van der Waals surface area contributed by atoms with Gasteiger partial charge in [0.2, 0.25) is 0 Å². The minimum absolute atomic E-state index is 0.488. The molecule has 1 aromatic carbocycles. The summed E-state index contributed by atoms with van der Waals surface area (Å²) >= 11 is 6.00. The molecule has 0 amide bonds. The molecule has 0 bridgehead atoms. The van der Waals surface area contributed by atoms with E-state index in [-0.39, 0.29) is 0 Å². The first kappa shape index (κ1) is 12.3. The van der Waals surface area contributed by atoms with Gasteiger partial charge in [-0.2, -0.15) is 0 Å². The molecule has 0 aliphatic heterocycles. The molecule has 1 aromatic rings. The molecule has 0 aromatic heterocycles. The van der Waals surface area contributed by atoms with E-state index in [1.165, 1.54) is 0 Å². The van der Waals surface area contributed by atoms with Crippen LogP contribution in [-0.2, 0) is 0 Å². The van der Waals surface area contributed by atoms with Crippen molar-refractivity contribution in [1.82, 2.24) is 0 Å². The lowest BCUT2D eigenvalue weighted by molar-refractivity contribution is 0.162. The number of halogens is 1. The number of rotatable bonds is 3. The van der Waals surface area contributed by atoms with Crippen LogP contribution in [0.25, 0.3) is 0 Å². The minimum Gasteiger partial charge on any atom is -0.496 e. The maximum absolute atomic E-state index is 9.43. The lowest BCUT2D eigenvalue weighted by atomic mass is 10.0. The van der Waals surface area contributed by atoms with Crippen molar-refractivity contribution < 1.29 is 9.84 Å². The average Bonchev–Trinajstić information content (AvgIpc) is 2.20. The summed E-state index contributed by atoms with van der Waals surface area (Å²) in [5.41, 5.74) is 7.50. The van der Waals surface area contributed by atoms with E-state index in [4.69, 9.17) is 22.1 Å². The van der Waals surface area contributed by atoms with Crippen molar-refractivity contribution in [2.24, 2.45) is 5.73 Å². The Balaban J connectivity index is 3.21. The van der Waals surface area contributed by atoms with Gasteiger partial charge >= 0.3 is 0 Å². The van der Waals surface area contributed by atoms with Crippen LogP contribution in [0.15, 0.2) is 12.1 Å². The van der Waals surface area contributed by atoms with Gasteiger partial charge in [-0.25, -0.2) is 0 Å². The third kappa shape index (κ3) is 2.62. The lowest BCUT2D eigenvalue weighted by Crippen LogP contribution is -2.23. The lowest BCUT2D eigenvalue weighted by Gasteiger charge is -2.19. The van der Waals surface area contributed by atoms with E-state index < -0.39 is 12.1 Å². The van der Waals surface area contributed by atoms with Gasteiger partial charge in [-0.05, 0) is 31.5 Å². The summed E-state index contributed by atoms with van der Waals surface area (Å²) in [6, 6.07) is 3.07. The summed E-state index contributed by atoms with van der Waals surface area (Å²) in [7, 11) is 1.57. The fourth-order valence-corrected chi connectivity index (χ4v) is 1.54. The van der Waals surface area contributed by atoms with Crippen molar-refractivity contribution in [3.8, 4) is 5.75 Å². The van der Waals surface area contributed by atoms with E-state index in [2.05, 4.69) is 0 Å². The van der Waals surface area contributed by atoms with Gasteiger partial charge < -0.3 is 15.6 Å². The van der Waals surface area contributed by atoms with Crippen molar-refractivity contribution in [3.63, 3.8) is 0 Å². The SMILES string of the molecule is COc1cc(C)c(Cl)cc1C(N)C(C)O. The number of ether oxygens (including phenoxy) is 1. The molecule has 0 saturated carbocycles. The smallest absolute Gasteiger partial charge is 0.124 e. The summed E-state index contributed by atoms with van der Waals surface area (Å²) < 4.78 is 5.20. The van der Waals surface area contributed by atoms with E-state index in [0.29, 0.717) is 10.8 Å². The summed E-state index contributed by atoms with van der Waals surface area (Å²) in [5.74, 6) is 0.658. The first-order valence-corrected chi connectivity index (χ1v) is 5.12. The second kappa shape index (κ2) is 4.84. The third-order valence-electron chi connectivity index (χ3n) is 2.39. The molecule has 2 atom stereocenters. The highest BCUT2D eigenvalue weighted by atomic mass is 35.5. The van der Waals surface area contributed by atoms with Crippen molar-refractivity contribution in [1.29, 1.82) is 0 Å². The van der Waals surface area contributed by atoms with Gasteiger partial charge in [-0.15, -0.1) is 0 Å². The molecule has 0 aliphatic carbocycles. The topological polar surface area (TPSA) is 55.5 Å². The number of benzene rings is 1. The molecule has 0 aliphatic rings. The van der Waals surface area contributed by atoms with E-state index in [9.17, 15) is 5.11 Å². The van der Waals surface area contributed by atoms with E-state index in [1.54, 1.807) is 20.1 Å². The summed E-state index contributed by atoms with van der Waals surface area (Å²) in [4.78, 5) is 0. The number of methoxy groups -OCH3 is 1. The molecular weight excluding hydrogens is 214 g/mol. The molecule has 84 valence electrons. The molecule has 0 fully saturated rings. The van der Waals surface area contributed by atoms with Crippen LogP contribution in [0.2, 0.25) is 5.02 Å². The molecule has 1 rings (SSSR count). The van der Waals surface area contributed by atoms with Gasteiger partial charge in [0.15, 0.2) is 0 Å². The number of hydrogen-bond donors (Lipinski definition) is 2. The highest BCUT2D eigenvalue weighted by molar-refractivity contribution is 6.31. The second-order valence-electron chi connectivity index (χ2n) is 3.61. The van der Waals surface area contributed by atoms with Gasteiger partial charge in [0.1, 0.15) is 5.75 Å². The molecule has 0 heterocycles. The van der Waals surface area contributed by atoms with Gasteiger partial charge in [-0.3, -0.25) is 0 Å². The number of aliphatic hydroxyl groups excluding tert-OH is 1. The van der Waals surface area contributed by atoms with E-state index in [0.717, 1.165) is 11.1 Å². The van der Waals surface area contributed by atoms with Crippen LogP contribution in [0.5, 0.6) is 5.75 Å². The Morgan fingerprint density at radius 3 is 2.53 bits per heavy atom. The molecule has 3 N–H and O–H groups in total. The highest BCUT2D eigenvalue weighted by Gasteiger charge is 2.18. The standard InChI is InChI=1S/C11H16ClNO2/c1-6-4-10(15-3)8(5-9(6)12)11(13)7(2)14/h4-5,7,11,14H,13H2,1-3H3. The van der Waals surface area contributed by atoms with Gasteiger partial charge in [-0.1, -0.05) is 11.6 Å². The van der Waals surface area contributed by atoms with Gasteiger partial charge in [0.25, 0.3) is 0 Å². The van der Waals surface area contributed by atoms with Crippen LogP contribution >= 0.6 is 11.6 Å².